The summed E-state index contributed by atoms with van der Waals surface area (Å²) < 4.78 is 5.25. The number of carboxylic acids is 1. The molecule has 5 nitrogen and oxygen atoms in total. The molecule has 1 saturated heterocycles. The number of rotatable bonds is 2. The van der Waals surface area contributed by atoms with E-state index in [0.29, 0.717) is 19.4 Å². The van der Waals surface area contributed by atoms with Gasteiger partial charge >= 0.3 is 12.1 Å². The van der Waals surface area contributed by atoms with E-state index in [2.05, 4.69) is 0 Å². The lowest BCUT2D eigenvalue weighted by molar-refractivity contribution is -0.150. The Labute approximate surface area is 112 Å². The monoisotopic (exact) mass is 277 g/mol. The number of likely N-dealkylation sites (tertiary alicyclic amines) is 1. The smallest absolute Gasteiger partial charge is 0.410 e. The third kappa shape index (κ3) is 3.51. The fraction of sp³-hybridized carbons (Fsp3) is 0.833. The third-order valence-electron chi connectivity index (χ3n) is 2.94. The fourth-order valence-electron chi connectivity index (χ4n) is 1.95. The van der Waals surface area contributed by atoms with Gasteiger partial charge in [-0.15, -0.1) is 11.6 Å². The number of carbonyl (C=O) groups is 2. The second kappa shape index (κ2) is 5.34. The highest BCUT2D eigenvalue weighted by Crippen LogP contribution is 2.32. The maximum absolute atomic E-state index is 11.9. The van der Waals surface area contributed by atoms with Crippen molar-refractivity contribution in [3.8, 4) is 0 Å². The largest absolute Gasteiger partial charge is 0.481 e. The molecule has 0 bridgehead atoms. The standard InChI is InChI=1S/C12H20ClNO4/c1-11(2,3)18-10(17)14-6-4-5-12(7-13,8-14)9(15)16/h4-8H2,1-3H3,(H,15,16)/t12-/m1/s1. The third-order valence-corrected chi connectivity index (χ3v) is 3.45. The second-order valence-electron chi connectivity index (χ2n) is 5.72. The quantitative estimate of drug-likeness (QED) is 0.787. The van der Waals surface area contributed by atoms with Crippen molar-refractivity contribution >= 4 is 23.7 Å². The number of hydrogen-bond acceptors (Lipinski definition) is 3. The van der Waals surface area contributed by atoms with E-state index in [0.717, 1.165) is 0 Å². The highest BCUT2D eigenvalue weighted by molar-refractivity contribution is 6.19. The van der Waals surface area contributed by atoms with Crippen LogP contribution in [-0.4, -0.2) is 46.6 Å². The van der Waals surface area contributed by atoms with Crippen molar-refractivity contribution < 1.29 is 19.4 Å². The normalized spacial score (nSPS) is 24.8. The van der Waals surface area contributed by atoms with Gasteiger partial charge in [0, 0.05) is 19.0 Å². The number of carbonyl (C=O) groups excluding carboxylic acids is 1. The lowest BCUT2D eigenvalue weighted by Crippen LogP contribution is -2.52. The van der Waals surface area contributed by atoms with Crippen molar-refractivity contribution in [3.05, 3.63) is 0 Å². The molecular weight excluding hydrogens is 258 g/mol. The predicted octanol–water partition coefficient (Wildman–Crippen LogP) is 2.33. The number of carboxylic acid groups (broad SMARTS) is 1. The van der Waals surface area contributed by atoms with Crippen LogP contribution in [0.25, 0.3) is 0 Å². The molecule has 1 rings (SSSR count). The number of piperidine rings is 1. The molecule has 1 atom stereocenters. The number of aliphatic carboxylic acids is 1. The molecule has 0 aromatic rings. The number of alkyl halides is 1. The zero-order chi connectivity index (χ0) is 14.0. The molecule has 104 valence electrons. The summed E-state index contributed by atoms with van der Waals surface area (Å²) in [5, 5.41) is 9.26. The number of ether oxygens (including phenoxy) is 1. The number of amides is 1. The van der Waals surface area contributed by atoms with Crippen LogP contribution in [0.3, 0.4) is 0 Å². The Hall–Kier alpha value is -0.970. The molecule has 1 fully saturated rings. The van der Waals surface area contributed by atoms with Crippen LogP contribution in [0.4, 0.5) is 4.79 Å². The molecular formula is C12H20ClNO4. The van der Waals surface area contributed by atoms with Gasteiger partial charge in [0.05, 0.1) is 5.41 Å². The lowest BCUT2D eigenvalue weighted by Gasteiger charge is -2.39. The molecule has 1 heterocycles. The van der Waals surface area contributed by atoms with Crippen LogP contribution in [-0.2, 0) is 9.53 Å². The summed E-state index contributed by atoms with van der Waals surface area (Å²) in [5.41, 5.74) is -1.63. The summed E-state index contributed by atoms with van der Waals surface area (Å²) in [6, 6.07) is 0. The summed E-state index contributed by atoms with van der Waals surface area (Å²) in [6.07, 6.45) is 0.640. The first-order valence-electron chi connectivity index (χ1n) is 5.97. The first kappa shape index (κ1) is 15.1. The van der Waals surface area contributed by atoms with Crippen LogP contribution in [0.5, 0.6) is 0 Å². The average molecular weight is 278 g/mol. The van der Waals surface area contributed by atoms with Crippen LogP contribution in [0, 0.1) is 5.41 Å². The number of hydrogen-bond donors (Lipinski definition) is 1. The molecule has 0 unspecified atom stereocenters. The fourth-order valence-corrected chi connectivity index (χ4v) is 2.29. The van der Waals surface area contributed by atoms with Gasteiger partial charge in [-0.05, 0) is 33.6 Å². The van der Waals surface area contributed by atoms with E-state index >= 15 is 0 Å². The molecule has 0 saturated carbocycles. The van der Waals surface area contributed by atoms with Crippen LogP contribution < -0.4 is 0 Å². The van der Waals surface area contributed by atoms with Crippen LogP contribution >= 0.6 is 11.6 Å². The van der Waals surface area contributed by atoms with Gasteiger partial charge in [0.15, 0.2) is 0 Å². The van der Waals surface area contributed by atoms with E-state index < -0.39 is 23.1 Å². The van der Waals surface area contributed by atoms with Gasteiger partial charge in [0.25, 0.3) is 0 Å². The SMILES string of the molecule is CC(C)(C)OC(=O)N1CCC[C@](CCl)(C(=O)O)C1. The second-order valence-corrected chi connectivity index (χ2v) is 5.99. The van der Waals surface area contributed by atoms with E-state index in [1.807, 2.05) is 0 Å². The molecule has 1 aliphatic heterocycles. The van der Waals surface area contributed by atoms with Crippen LogP contribution in [0.2, 0.25) is 0 Å². The van der Waals surface area contributed by atoms with Crippen molar-refractivity contribution in [1.29, 1.82) is 0 Å². The van der Waals surface area contributed by atoms with Crippen LogP contribution in [0.15, 0.2) is 0 Å². The Balaban J connectivity index is 2.75. The maximum atomic E-state index is 11.9. The molecule has 0 aromatic heterocycles. The van der Waals surface area contributed by atoms with E-state index in [1.165, 1.54) is 4.90 Å². The summed E-state index contributed by atoms with van der Waals surface area (Å²) in [6.45, 7) is 5.96. The van der Waals surface area contributed by atoms with Gasteiger partial charge in [-0.25, -0.2) is 4.79 Å². The number of halogens is 1. The molecule has 0 aliphatic carbocycles. The maximum Gasteiger partial charge on any atom is 0.410 e. The Morgan fingerprint density at radius 3 is 2.50 bits per heavy atom. The topological polar surface area (TPSA) is 66.8 Å². The predicted molar refractivity (Wildman–Crippen MR) is 67.8 cm³/mol. The van der Waals surface area contributed by atoms with E-state index in [4.69, 9.17) is 16.3 Å². The molecule has 0 aromatic carbocycles. The van der Waals surface area contributed by atoms with Gasteiger partial charge < -0.3 is 14.7 Å². The number of nitrogens with zero attached hydrogens (tertiary/aromatic N) is 1. The van der Waals surface area contributed by atoms with Gasteiger partial charge in [-0.3, -0.25) is 4.79 Å². The molecule has 0 spiro atoms. The molecule has 0 radical (unpaired) electrons. The molecule has 1 aliphatic rings. The van der Waals surface area contributed by atoms with Crippen molar-refractivity contribution in [3.63, 3.8) is 0 Å². The molecule has 1 N–H and O–H groups in total. The highest BCUT2D eigenvalue weighted by Gasteiger charge is 2.43. The summed E-state index contributed by atoms with van der Waals surface area (Å²) in [7, 11) is 0. The molecule has 1 amide bonds. The molecule has 18 heavy (non-hydrogen) atoms. The zero-order valence-electron chi connectivity index (χ0n) is 11.0. The van der Waals surface area contributed by atoms with Crippen molar-refractivity contribution in [2.45, 2.75) is 39.2 Å². The van der Waals surface area contributed by atoms with Gasteiger partial charge in [0.1, 0.15) is 5.60 Å². The van der Waals surface area contributed by atoms with Gasteiger partial charge in [-0.2, -0.15) is 0 Å². The first-order chi connectivity index (χ1) is 8.20. The first-order valence-corrected chi connectivity index (χ1v) is 6.51. The Kier molecular flexibility index (Phi) is 4.48. The Morgan fingerprint density at radius 2 is 2.06 bits per heavy atom. The lowest BCUT2D eigenvalue weighted by atomic mass is 9.82. The summed E-state index contributed by atoms with van der Waals surface area (Å²) >= 11 is 5.78. The van der Waals surface area contributed by atoms with E-state index in [1.54, 1.807) is 20.8 Å². The van der Waals surface area contributed by atoms with Crippen molar-refractivity contribution in [2.24, 2.45) is 5.41 Å². The highest BCUT2D eigenvalue weighted by atomic mass is 35.5. The van der Waals surface area contributed by atoms with E-state index in [9.17, 15) is 14.7 Å². The molecule has 6 heteroatoms. The minimum absolute atomic E-state index is 0.00162. The Bertz CT molecular complexity index is 339. The minimum Gasteiger partial charge on any atom is -0.481 e. The summed E-state index contributed by atoms with van der Waals surface area (Å²) in [4.78, 5) is 24.6. The average Bonchev–Trinajstić information content (AvgIpc) is 2.26. The van der Waals surface area contributed by atoms with E-state index in [-0.39, 0.29) is 12.4 Å². The van der Waals surface area contributed by atoms with Gasteiger partial charge in [-0.1, -0.05) is 0 Å². The van der Waals surface area contributed by atoms with Crippen LogP contribution in [0.1, 0.15) is 33.6 Å². The van der Waals surface area contributed by atoms with Crippen molar-refractivity contribution in [2.75, 3.05) is 19.0 Å². The van der Waals surface area contributed by atoms with Crippen molar-refractivity contribution in [1.82, 2.24) is 4.90 Å². The van der Waals surface area contributed by atoms with Gasteiger partial charge in [0.2, 0.25) is 0 Å². The minimum atomic E-state index is -1.04. The zero-order valence-corrected chi connectivity index (χ0v) is 11.8. The summed E-state index contributed by atoms with van der Waals surface area (Å²) in [5.74, 6) is -0.951. The Morgan fingerprint density at radius 1 is 1.44 bits per heavy atom.